The number of aromatic carboxylic acids is 1. The monoisotopic (exact) mass is 1360 g/mol. The van der Waals surface area contributed by atoms with Crippen LogP contribution in [0.1, 0.15) is 114 Å². The van der Waals surface area contributed by atoms with Crippen molar-refractivity contribution in [3.63, 3.8) is 0 Å². The number of Topliss-reactive ketones (excluding diaryl/α,β-unsaturated/α-hetero) is 1. The topological polar surface area (TPSA) is 257 Å². The minimum Gasteiger partial charge on any atom is -0.507 e. The number of anilines is 2. The van der Waals surface area contributed by atoms with Gasteiger partial charge in [0, 0.05) is 133 Å². The Labute approximate surface area is 424 Å². The van der Waals surface area contributed by atoms with Crippen molar-refractivity contribution in [3.05, 3.63) is 102 Å². The first-order valence-electron chi connectivity index (χ1n) is 17.3. The Morgan fingerprint density at radius 2 is 1.03 bits per heavy atom. The molecule has 3 aromatic rings. The molecule has 3 aromatic carbocycles. The van der Waals surface area contributed by atoms with E-state index in [9.17, 15) is 34.2 Å². The molecule has 9 N–H and O–H groups in total. The second-order valence-electron chi connectivity index (χ2n) is 10.3. The first-order chi connectivity index (χ1) is 25.9. The summed E-state index contributed by atoms with van der Waals surface area (Å²) in [5, 5.41) is 43.8. The maximum atomic E-state index is 11.3. The molecule has 0 unspecified atom stereocenters. The normalized spacial score (nSPS) is 8.17. The van der Waals surface area contributed by atoms with Gasteiger partial charge in [-0.25, -0.2) is 14.4 Å². The molecule has 0 bridgehead atoms. The average molecular weight is 1360 g/mol. The van der Waals surface area contributed by atoms with Crippen LogP contribution in [0.15, 0.2) is 79.9 Å². The third-order valence-electron chi connectivity index (χ3n) is 6.02. The van der Waals surface area contributed by atoms with Crippen LogP contribution in [0.25, 0.3) is 0 Å². The van der Waals surface area contributed by atoms with E-state index in [1.165, 1.54) is 69.2 Å². The van der Waals surface area contributed by atoms with Gasteiger partial charge < -0.3 is 46.5 Å². The van der Waals surface area contributed by atoms with Crippen LogP contribution >= 0.6 is 0 Å². The number of hydrogen-bond acceptors (Lipinski definition) is 12. The number of ether oxygens (including phenoxy) is 2. The van der Waals surface area contributed by atoms with Gasteiger partial charge in [0.2, 0.25) is 0 Å². The maximum absolute atomic E-state index is 11.3. The van der Waals surface area contributed by atoms with Crippen molar-refractivity contribution in [2.24, 2.45) is 0 Å². The molecule has 0 aromatic heterocycles. The summed E-state index contributed by atoms with van der Waals surface area (Å²) >= 11 is 0. The summed E-state index contributed by atoms with van der Waals surface area (Å²) < 4.78 is 18.9. The number of nitrogen functional groups attached to an aromatic ring is 2. The zero-order chi connectivity index (χ0) is 43.5. The molecule has 0 saturated carbocycles. The van der Waals surface area contributed by atoms with Gasteiger partial charge in [0.25, 0.3) is 0 Å². The summed E-state index contributed by atoms with van der Waals surface area (Å²) in [6.07, 6.45) is 8.21. The van der Waals surface area contributed by atoms with Crippen LogP contribution in [-0.2, 0) is 62.6 Å². The largest absolute Gasteiger partial charge is 0.507 e. The minimum absolute atomic E-state index is 0. The predicted octanol–water partition coefficient (Wildman–Crippen LogP) is 8.68. The van der Waals surface area contributed by atoms with E-state index in [1.54, 1.807) is 19.9 Å². The summed E-state index contributed by atoms with van der Waals surface area (Å²) in [7, 11) is 2.48. The van der Waals surface area contributed by atoms with E-state index in [1.807, 2.05) is 12.2 Å². The van der Waals surface area contributed by atoms with Crippen molar-refractivity contribution in [2.45, 2.75) is 81.1 Å². The van der Waals surface area contributed by atoms with Gasteiger partial charge in [-0.15, -0.1) is 13.2 Å². The smallest absolute Gasteiger partial charge is 0.341 e. The van der Waals surface area contributed by atoms with Crippen molar-refractivity contribution in [1.82, 2.24) is 0 Å². The van der Waals surface area contributed by atoms with Crippen LogP contribution in [0.2, 0.25) is 0 Å². The fraction of sp³-hybridized carbons (Fsp3) is 0.341. The third kappa shape index (κ3) is 38.9. The van der Waals surface area contributed by atoms with E-state index in [-0.39, 0.29) is 167 Å². The maximum Gasteiger partial charge on any atom is 0.341 e. The molecule has 0 spiro atoms. The number of aliphatic carboxylic acids is 1. The number of aromatic hydroxyl groups is 3. The Morgan fingerprint density at radius 3 is 1.31 bits per heavy atom. The van der Waals surface area contributed by atoms with Crippen molar-refractivity contribution in [3.8, 4) is 17.2 Å². The van der Waals surface area contributed by atoms with Gasteiger partial charge in [-0.2, -0.15) is 0 Å². The quantitative estimate of drug-likeness (QED) is 0.0434. The van der Waals surface area contributed by atoms with Crippen LogP contribution < -0.4 is 11.5 Å². The van der Waals surface area contributed by atoms with Gasteiger partial charge in [-0.05, 0) is 66.9 Å². The first-order valence-corrected chi connectivity index (χ1v) is 16.3. The molecule has 0 fully saturated rings. The van der Waals surface area contributed by atoms with E-state index in [2.05, 4.69) is 36.5 Å². The molecule has 14 nitrogen and oxygen atoms in total. The Balaban J connectivity index is -0.0000000658. The molecule has 18 heteroatoms. The van der Waals surface area contributed by atoms with Crippen molar-refractivity contribution in [1.29, 1.82) is 0 Å². The second kappa shape index (κ2) is 47.6. The van der Waals surface area contributed by atoms with Crippen molar-refractivity contribution >= 4 is 41.0 Å². The molecular weight excluding hydrogens is 1290 g/mol. The Kier molecular flexibility index (Phi) is 59.3. The van der Waals surface area contributed by atoms with Crippen LogP contribution in [0.4, 0.5) is 11.4 Å². The van der Waals surface area contributed by atoms with Gasteiger partial charge in [0.15, 0.2) is 0 Å². The zero-order valence-corrected chi connectivity index (χ0v) is 44.3. The van der Waals surface area contributed by atoms with E-state index in [4.69, 9.17) is 29.8 Å². The summed E-state index contributed by atoms with van der Waals surface area (Å²) in [5.74, 6) is -3.59. The van der Waals surface area contributed by atoms with Crippen LogP contribution in [0.5, 0.6) is 17.2 Å². The molecule has 3 rings (SSSR count). The van der Waals surface area contributed by atoms with Gasteiger partial charge in [-0.1, -0.05) is 67.2 Å². The summed E-state index contributed by atoms with van der Waals surface area (Å²) in [6, 6.07) is 12.6. The number of carbonyl (C=O) groups excluding carboxylic acids is 3. The number of ketones is 1. The summed E-state index contributed by atoms with van der Waals surface area (Å²) in [6.45, 7) is 14.6. The minimum atomic E-state index is -1.19. The van der Waals surface area contributed by atoms with E-state index in [0.717, 1.165) is 12.8 Å². The zero-order valence-electron chi connectivity index (χ0n) is 35.2. The van der Waals surface area contributed by atoms with Crippen molar-refractivity contribution in [2.75, 3.05) is 25.7 Å². The number of nitrogens with two attached hydrogens (primary N) is 2. The van der Waals surface area contributed by atoms with Crippen LogP contribution in [-0.4, -0.2) is 69.4 Å². The number of rotatable bonds is 10. The third-order valence-corrected chi connectivity index (χ3v) is 6.02. The number of methoxy groups -OCH3 is 2. The molecule has 0 aliphatic rings. The number of benzene rings is 3. The summed E-state index contributed by atoms with van der Waals surface area (Å²) in [5.41, 5.74) is 12.1. The van der Waals surface area contributed by atoms with Crippen LogP contribution in [0.3, 0.4) is 0 Å². The number of phenolic OH excluding ortho intramolecular Hbond substituents is 2. The van der Waals surface area contributed by atoms with Gasteiger partial charge in [0.05, 0.1) is 14.2 Å². The standard InChI is InChI=1S/C12H14O4.C8H9NO3.C7H7NO3.C5H10.C4H8.C3H6O2.2CH4.2U.2V.H2/c1-3-9(13)6-8-4-5-11(14)10(7-8)12(15)16-2;1-12-8(11)6-4-5(9)2-3-7(6)10;8-4-1-2-6(9)5(3-4)7(10)11;1-3-5-4-2;1-3-4-2;1-2-3(4)5;;;;;;;/h4-5,7,14H,3,6H2,1-2H3;2-4,10H,9H2,1H3;1-3,9H,8H2,(H,10,11);3H,1,4-5H2,2H3;3H,1,4H2,2H3;2H2,1H3,(H,4,5);2*1H4;;;;;1H/i;;;;;;;;;;;;1+2T. The molecule has 0 aliphatic carbocycles. The van der Waals surface area contributed by atoms with E-state index < -0.39 is 23.9 Å². The number of unbranched alkanes of at least 4 members (excludes halogenated alkanes) is 1. The van der Waals surface area contributed by atoms with E-state index in [0.29, 0.717) is 23.4 Å². The number of esters is 2. The molecule has 0 amide bonds. The molecule has 59 heavy (non-hydrogen) atoms. The van der Waals surface area contributed by atoms with Crippen molar-refractivity contribution < 1.29 is 161 Å². The molecule has 0 heterocycles. The van der Waals surface area contributed by atoms with Gasteiger partial charge >= 0.3 is 23.9 Å². The average Bonchev–Trinajstić information content (AvgIpc) is 3.18. The molecule has 328 valence electrons. The van der Waals surface area contributed by atoms with Crippen LogP contribution in [0, 0.1) is 62.2 Å². The number of phenols is 3. The number of hydrogen-bond donors (Lipinski definition) is 7. The Morgan fingerprint density at radius 1 is 0.678 bits per heavy atom. The summed E-state index contributed by atoms with van der Waals surface area (Å²) in [4.78, 5) is 53.2. The number of allylic oxidation sites excluding steroid dienone is 2. The number of carbonyl (C=O) groups is 5. The molecule has 0 saturated heterocycles. The predicted molar refractivity (Wildman–Crippen MR) is 221 cm³/mol. The van der Waals surface area contributed by atoms with E-state index >= 15 is 0 Å². The molecule has 0 aliphatic heterocycles. The SMILES string of the molecule is C.C.C=CCC.C=CCCC.CCC(=O)Cc1ccc(O)c(C(=O)OC)c1.CCC(=O)O.COC(=O)c1cc(N)ccc1O.Nc1ccc(O)c(C(=O)O)c1.[3H][3H].[U].[U].[V].[V]. The molecule has 0 atom stereocenters. The Bertz CT molecular complexity index is 1640. The fourth-order valence-corrected chi connectivity index (χ4v) is 3.08. The second-order valence-corrected chi connectivity index (χ2v) is 10.3. The molecule has 2 radical (unpaired) electrons. The first kappa shape index (κ1) is 73.5. The van der Waals surface area contributed by atoms with Gasteiger partial charge in [0.1, 0.15) is 39.7 Å². The molecular formula is C41H64N2O12U2V2. The number of carboxylic acid groups (broad SMARTS) is 2. The fourth-order valence-electron chi connectivity index (χ4n) is 3.08. The number of carboxylic acids is 2. The Hall–Kier alpha value is -3.04. The van der Waals surface area contributed by atoms with Gasteiger partial charge in [-0.3, -0.25) is 9.59 Å².